The maximum atomic E-state index is 11.9. The monoisotopic (exact) mass is 503 g/mol. The molecule has 1 amide bonds. The van der Waals surface area contributed by atoms with Crippen molar-refractivity contribution in [2.75, 3.05) is 26.2 Å². The van der Waals surface area contributed by atoms with E-state index in [0.29, 0.717) is 29.2 Å². The molecule has 0 bridgehead atoms. The molecule has 3 atom stereocenters. The Morgan fingerprint density at radius 2 is 1.71 bits per heavy atom. The zero-order valence-corrected chi connectivity index (χ0v) is 24.1. The van der Waals surface area contributed by atoms with Crippen molar-refractivity contribution in [3.05, 3.63) is 16.1 Å². The first-order valence-corrected chi connectivity index (χ1v) is 14.9. The number of nitrogens with one attached hydrogen (secondary N) is 1. The Morgan fingerprint density at radius 3 is 2.37 bits per heavy atom. The molecule has 1 aromatic rings. The molecule has 3 fully saturated rings. The number of rotatable bonds is 5. The molecule has 0 aromatic carbocycles. The van der Waals surface area contributed by atoms with Crippen molar-refractivity contribution >= 4 is 17.4 Å². The number of nitrogens with zero attached hydrogens (tertiary/aromatic N) is 2. The van der Waals surface area contributed by atoms with E-state index in [1.165, 1.54) is 42.8 Å². The number of carbonyl (C=O) groups is 1. The van der Waals surface area contributed by atoms with Gasteiger partial charge in [0.05, 0.1) is 10.7 Å². The summed E-state index contributed by atoms with van der Waals surface area (Å²) >= 11 is 1.90. The van der Waals surface area contributed by atoms with Gasteiger partial charge in [0.2, 0.25) is 0 Å². The summed E-state index contributed by atoms with van der Waals surface area (Å²) in [6, 6.07) is 0. The largest absolute Gasteiger partial charge is 0.444 e. The topological polar surface area (TPSA) is 54.5 Å². The average Bonchev–Trinajstić information content (AvgIpc) is 3.26. The second-order valence-corrected chi connectivity index (χ2v) is 14.7. The molecule has 3 unspecified atom stereocenters. The van der Waals surface area contributed by atoms with Crippen molar-refractivity contribution in [1.82, 2.24) is 15.2 Å². The van der Waals surface area contributed by atoms with Gasteiger partial charge in [-0.3, -0.25) is 0 Å². The Balaban J connectivity index is 1.26. The van der Waals surface area contributed by atoms with Gasteiger partial charge in [-0.1, -0.05) is 27.7 Å². The lowest BCUT2D eigenvalue weighted by Crippen LogP contribution is -2.46. The second-order valence-electron chi connectivity index (χ2n) is 13.9. The second kappa shape index (κ2) is 10.3. The highest BCUT2D eigenvalue weighted by molar-refractivity contribution is 7.09. The minimum atomic E-state index is -0.447. The Kier molecular flexibility index (Phi) is 7.93. The zero-order chi connectivity index (χ0) is 25.4. The van der Waals surface area contributed by atoms with Gasteiger partial charge in [-0.2, -0.15) is 0 Å². The smallest absolute Gasteiger partial charge is 0.407 e. The summed E-state index contributed by atoms with van der Waals surface area (Å²) in [6.45, 7) is 19.4. The SMILES string of the molecule is CC(C)(C)OC(=O)NCCN1CCC(c2nc(C3CCC4C(C3)C(C)(C)CCC4(C)C)cs2)CC1. The van der Waals surface area contributed by atoms with Gasteiger partial charge >= 0.3 is 6.09 Å². The number of likely N-dealkylation sites (tertiary alicyclic amines) is 1. The highest BCUT2D eigenvalue weighted by Crippen LogP contribution is 2.59. The van der Waals surface area contributed by atoms with E-state index in [0.717, 1.165) is 44.3 Å². The van der Waals surface area contributed by atoms with Crippen molar-refractivity contribution in [2.45, 2.75) is 111 Å². The van der Waals surface area contributed by atoms with E-state index in [-0.39, 0.29) is 6.09 Å². The van der Waals surface area contributed by atoms with Crippen molar-refractivity contribution in [2.24, 2.45) is 22.7 Å². The fourth-order valence-corrected chi connectivity index (χ4v) is 8.04. The first-order chi connectivity index (χ1) is 16.3. The van der Waals surface area contributed by atoms with E-state index < -0.39 is 5.60 Å². The molecule has 1 saturated heterocycles. The van der Waals surface area contributed by atoms with Gasteiger partial charge in [-0.05, 0) is 101 Å². The van der Waals surface area contributed by atoms with Crippen molar-refractivity contribution < 1.29 is 9.53 Å². The Labute approximate surface area is 217 Å². The van der Waals surface area contributed by atoms with E-state index in [2.05, 4.69) is 43.3 Å². The third-order valence-corrected chi connectivity index (χ3v) is 10.3. The third-order valence-electron chi connectivity index (χ3n) is 9.26. The number of amides is 1. The maximum absolute atomic E-state index is 11.9. The van der Waals surface area contributed by atoms with Crippen LogP contribution in [0.2, 0.25) is 0 Å². The van der Waals surface area contributed by atoms with Gasteiger partial charge in [-0.15, -0.1) is 11.3 Å². The fourth-order valence-electron chi connectivity index (χ4n) is 6.96. The molecule has 2 heterocycles. The first-order valence-electron chi connectivity index (χ1n) is 14.0. The molecule has 1 N–H and O–H groups in total. The van der Waals surface area contributed by atoms with Crippen molar-refractivity contribution in [1.29, 1.82) is 0 Å². The van der Waals surface area contributed by atoms with E-state index in [1.807, 2.05) is 32.1 Å². The number of hydrogen-bond donors (Lipinski definition) is 1. The number of fused-ring (bicyclic) bond motifs is 1. The molecule has 5 nitrogen and oxygen atoms in total. The maximum Gasteiger partial charge on any atom is 0.407 e. The molecule has 1 aromatic heterocycles. The van der Waals surface area contributed by atoms with Crippen LogP contribution in [-0.2, 0) is 4.74 Å². The molecule has 35 heavy (non-hydrogen) atoms. The summed E-state index contributed by atoms with van der Waals surface area (Å²) < 4.78 is 5.33. The molecule has 2 saturated carbocycles. The predicted molar refractivity (Wildman–Crippen MR) is 145 cm³/mol. The number of ether oxygens (including phenoxy) is 1. The fraction of sp³-hybridized carbons (Fsp3) is 0.862. The number of hydrogen-bond acceptors (Lipinski definition) is 5. The summed E-state index contributed by atoms with van der Waals surface area (Å²) in [7, 11) is 0. The molecular formula is C29H49N3O2S. The van der Waals surface area contributed by atoms with Crippen LogP contribution in [0.5, 0.6) is 0 Å². The molecule has 0 radical (unpaired) electrons. The van der Waals surface area contributed by atoms with Crippen LogP contribution in [0.25, 0.3) is 0 Å². The summed E-state index contributed by atoms with van der Waals surface area (Å²) in [4.78, 5) is 19.6. The van der Waals surface area contributed by atoms with Crippen molar-refractivity contribution in [3.63, 3.8) is 0 Å². The Hall–Kier alpha value is -1.14. The molecular weight excluding hydrogens is 454 g/mol. The minimum Gasteiger partial charge on any atom is -0.444 e. The standard InChI is InChI=1S/C29H49N3O2S/c1-27(2,3)34-26(33)30-14-17-32-15-10-20(11-16-32)25-31-24(19-35-25)21-8-9-22-23(18-21)29(6,7)13-12-28(22,4)5/h19-23H,8-18H2,1-7H3,(H,30,33). The van der Waals surface area contributed by atoms with E-state index in [9.17, 15) is 4.79 Å². The van der Waals surface area contributed by atoms with Crippen LogP contribution in [0.1, 0.15) is 116 Å². The number of thiazole rings is 1. The summed E-state index contributed by atoms with van der Waals surface area (Å²) in [5.74, 6) is 2.93. The number of alkyl carbamates (subject to hydrolysis) is 1. The summed E-state index contributed by atoms with van der Waals surface area (Å²) in [5.41, 5.74) is 1.89. The lowest BCUT2D eigenvalue weighted by molar-refractivity contribution is -0.0501. The van der Waals surface area contributed by atoms with Gasteiger partial charge in [-0.25, -0.2) is 9.78 Å². The molecule has 6 heteroatoms. The van der Waals surface area contributed by atoms with Crippen LogP contribution in [0.15, 0.2) is 5.38 Å². The summed E-state index contributed by atoms with van der Waals surface area (Å²) in [6.07, 6.45) is 8.75. The van der Waals surface area contributed by atoms with Gasteiger partial charge in [0, 0.05) is 30.3 Å². The van der Waals surface area contributed by atoms with Gasteiger partial charge in [0.1, 0.15) is 5.60 Å². The van der Waals surface area contributed by atoms with E-state index in [4.69, 9.17) is 9.72 Å². The van der Waals surface area contributed by atoms with Crippen LogP contribution in [0, 0.1) is 22.7 Å². The van der Waals surface area contributed by atoms with E-state index >= 15 is 0 Å². The van der Waals surface area contributed by atoms with Crippen molar-refractivity contribution in [3.8, 4) is 0 Å². The number of aromatic nitrogens is 1. The van der Waals surface area contributed by atoms with Crippen LogP contribution >= 0.6 is 11.3 Å². The number of piperidine rings is 1. The third kappa shape index (κ3) is 6.60. The molecule has 3 aliphatic rings. The lowest BCUT2D eigenvalue weighted by atomic mass is 9.49. The quantitative estimate of drug-likeness (QED) is 0.462. The lowest BCUT2D eigenvalue weighted by Gasteiger charge is -2.55. The molecule has 4 rings (SSSR count). The highest BCUT2D eigenvalue weighted by atomic mass is 32.1. The average molecular weight is 504 g/mol. The first kappa shape index (κ1) is 26.9. The van der Waals surface area contributed by atoms with Crippen LogP contribution in [0.3, 0.4) is 0 Å². The molecule has 198 valence electrons. The Morgan fingerprint density at radius 1 is 1.06 bits per heavy atom. The normalized spacial score (nSPS) is 29.4. The number of carbonyl (C=O) groups excluding carboxylic acids is 1. The highest BCUT2D eigenvalue weighted by Gasteiger charge is 2.50. The predicted octanol–water partition coefficient (Wildman–Crippen LogP) is 7.19. The van der Waals surface area contributed by atoms with Gasteiger partial charge in [0.25, 0.3) is 0 Å². The Bertz CT molecular complexity index is 864. The summed E-state index contributed by atoms with van der Waals surface area (Å²) in [5, 5.41) is 6.63. The minimum absolute atomic E-state index is 0.322. The van der Waals surface area contributed by atoms with Crippen LogP contribution in [-0.4, -0.2) is 47.8 Å². The zero-order valence-electron chi connectivity index (χ0n) is 23.3. The van der Waals surface area contributed by atoms with Gasteiger partial charge < -0.3 is 15.0 Å². The molecule has 0 spiro atoms. The molecule has 2 aliphatic carbocycles. The molecule has 1 aliphatic heterocycles. The van der Waals surface area contributed by atoms with Gasteiger partial charge in [0.15, 0.2) is 0 Å². The van der Waals surface area contributed by atoms with Crippen LogP contribution in [0.4, 0.5) is 4.79 Å². The van der Waals surface area contributed by atoms with Crippen LogP contribution < -0.4 is 5.32 Å². The van der Waals surface area contributed by atoms with E-state index in [1.54, 1.807) is 0 Å².